The van der Waals surface area contributed by atoms with Gasteiger partial charge in [0.15, 0.2) is 0 Å². The second kappa shape index (κ2) is 6.30. The highest BCUT2D eigenvalue weighted by Gasteiger charge is 2.08. The first-order valence-corrected chi connectivity index (χ1v) is 6.71. The predicted molar refractivity (Wildman–Crippen MR) is 75.0 cm³/mol. The minimum atomic E-state index is -0.0156. The number of hydrazine groups is 1. The van der Waals surface area contributed by atoms with Gasteiger partial charge >= 0.3 is 6.01 Å². The van der Waals surface area contributed by atoms with Crippen molar-refractivity contribution >= 4 is 23.2 Å². The second-order valence-corrected chi connectivity index (χ2v) is 5.04. The zero-order valence-corrected chi connectivity index (χ0v) is 11.6. The van der Waals surface area contributed by atoms with E-state index in [1.807, 2.05) is 31.4 Å². The predicted octanol–water partition coefficient (Wildman–Crippen LogP) is 1.62. The maximum atomic E-state index is 5.44. The van der Waals surface area contributed by atoms with Gasteiger partial charge in [-0.2, -0.15) is 15.0 Å². The van der Waals surface area contributed by atoms with Crippen molar-refractivity contribution in [1.29, 1.82) is 0 Å². The molecule has 2 rings (SSSR count). The van der Waals surface area contributed by atoms with E-state index in [2.05, 4.69) is 25.7 Å². The fraction of sp³-hybridized carbons (Fsp3) is 0.364. The Balaban J connectivity index is 2.09. The summed E-state index contributed by atoms with van der Waals surface area (Å²) in [5.74, 6) is 6.01. The number of nitrogens with one attached hydrogen (secondary N) is 2. The van der Waals surface area contributed by atoms with Crippen LogP contribution in [0.5, 0.6) is 6.01 Å². The van der Waals surface area contributed by atoms with E-state index in [0.717, 1.165) is 0 Å². The van der Waals surface area contributed by atoms with Gasteiger partial charge in [-0.15, -0.1) is 11.3 Å². The molecule has 0 fully saturated rings. The van der Waals surface area contributed by atoms with Gasteiger partial charge in [-0.3, -0.25) is 5.43 Å². The summed E-state index contributed by atoms with van der Waals surface area (Å²) in [7, 11) is 0. The third kappa shape index (κ3) is 4.04. The summed E-state index contributed by atoms with van der Waals surface area (Å²) in [5, 5.41) is 5.13. The van der Waals surface area contributed by atoms with E-state index < -0.39 is 0 Å². The molecule has 2 aromatic heterocycles. The van der Waals surface area contributed by atoms with Crippen LogP contribution in [0.4, 0.5) is 11.9 Å². The lowest BCUT2D eigenvalue weighted by Crippen LogP contribution is -2.16. The van der Waals surface area contributed by atoms with Crippen LogP contribution in [0.3, 0.4) is 0 Å². The van der Waals surface area contributed by atoms with Crippen LogP contribution in [0.1, 0.15) is 18.7 Å². The third-order valence-corrected chi connectivity index (χ3v) is 2.96. The molecule has 4 N–H and O–H groups in total. The maximum Gasteiger partial charge on any atom is 0.323 e. The number of nitrogen functional groups attached to an aromatic ring is 1. The van der Waals surface area contributed by atoms with Crippen LogP contribution >= 0.6 is 11.3 Å². The molecule has 7 nitrogen and oxygen atoms in total. The van der Waals surface area contributed by atoms with E-state index in [1.165, 1.54) is 4.88 Å². The molecule has 0 amide bonds. The lowest BCUT2D eigenvalue weighted by Gasteiger charge is -2.10. The van der Waals surface area contributed by atoms with E-state index in [-0.39, 0.29) is 18.1 Å². The van der Waals surface area contributed by atoms with E-state index in [4.69, 9.17) is 10.6 Å². The molecule has 19 heavy (non-hydrogen) atoms. The van der Waals surface area contributed by atoms with Crippen molar-refractivity contribution in [2.75, 3.05) is 10.7 Å². The largest absolute Gasteiger partial charge is 0.461 e. The van der Waals surface area contributed by atoms with Gasteiger partial charge in [0.05, 0.1) is 12.6 Å². The third-order valence-electron chi connectivity index (χ3n) is 2.09. The van der Waals surface area contributed by atoms with Crippen molar-refractivity contribution < 1.29 is 4.74 Å². The highest BCUT2D eigenvalue weighted by molar-refractivity contribution is 7.09. The first-order valence-electron chi connectivity index (χ1n) is 5.83. The number of rotatable bonds is 6. The summed E-state index contributed by atoms with van der Waals surface area (Å²) >= 11 is 1.66. The molecule has 0 atom stereocenters. The first-order chi connectivity index (χ1) is 9.17. The Kier molecular flexibility index (Phi) is 4.48. The molecule has 8 heteroatoms. The molecule has 0 aromatic carbocycles. The Labute approximate surface area is 115 Å². The molecule has 0 aliphatic heterocycles. The molecule has 0 bridgehead atoms. The van der Waals surface area contributed by atoms with Gasteiger partial charge in [0.25, 0.3) is 0 Å². The van der Waals surface area contributed by atoms with Crippen molar-refractivity contribution in [2.24, 2.45) is 5.84 Å². The summed E-state index contributed by atoms with van der Waals surface area (Å²) in [6.07, 6.45) is -0.0156. The average molecular weight is 280 g/mol. The molecule has 0 spiro atoms. The highest BCUT2D eigenvalue weighted by atomic mass is 32.1. The Morgan fingerprint density at radius 3 is 2.74 bits per heavy atom. The smallest absolute Gasteiger partial charge is 0.323 e. The van der Waals surface area contributed by atoms with E-state index in [0.29, 0.717) is 12.5 Å². The number of anilines is 2. The summed E-state index contributed by atoms with van der Waals surface area (Å²) in [6, 6.07) is 4.27. The summed E-state index contributed by atoms with van der Waals surface area (Å²) in [4.78, 5) is 13.5. The van der Waals surface area contributed by atoms with Crippen LogP contribution in [0.15, 0.2) is 17.5 Å². The van der Waals surface area contributed by atoms with Crippen LogP contribution in [-0.4, -0.2) is 21.1 Å². The second-order valence-electron chi connectivity index (χ2n) is 4.01. The standard InChI is InChI=1S/C11H16N6OS/c1-7(2)18-11-15-9(14-10(16-11)17-12)13-6-8-4-3-5-19-8/h3-5,7H,6,12H2,1-2H3,(H2,13,14,15,16,17). The van der Waals surface area contributed by atoms with Crippen molar-refractivity contribution in [3.63, 3.8) is 0 Å². The number of nitrogens with zero attached hydrogens (tertiary/aromatic N) is 3. The van der Waals surface area contributed by atoms with Crippen molar-refractivity contribution in [3.8, 4) is 6.01 Å². The van der Waals surface area contributed by atoms with Crippen molar-refractivity contribution in [2.45, 2.75) is 26.5 Å². The SMILES string of the molecule is CC(C)Oc1nc(NN)nc(NCc2cccs2)n1. The van der Waals surface area contributed by atoms with Crippen LogP contribution in [-0.2, 0) is 6.54 Å². The summed E-state index contributed by atoms with van der Waals surface area (Å²) in [5.41, 5.74) is 2.39. The zero-order chi connectivity index (χ0) is 13.7. The van der Waals surface area contributed by atoms with Gasteiger partial charge < -0.3 is 10.1 Å². The normalized spacial score (nSPS) is 10.5. The molecular weight excluding hydrogens is 264 g/mol. The van der Waals surface area contributed by atoms with Gasteiger partial charge in [-0.25, -0.2) is 5.84 Å². The lowest BCUT2D eigenvalue weighted by atomic mass is 10.5. The molecule has 0 aliphatic rings. The van der Waals surface area contributed by atoms with Crippen LogP contribution in [0.2, 0.25) is 0 Å². The molecule has 102 valence electrons. The maximum absolute atomic E-state index is 5.44. The number of hydrogen-bond donors (Lipinski definition) is 3. The summed E-state index contributed by atoms with van der Waals surface area (Å²) < 4.78 is 5.44. The highest BCUT2D eigenvalue weighted by Crippen LogP contribution is 2.14. The number of nitrogens with two attached hydrogens (primary N) is 1. The Hall–Kier alpha value is -1.93. The zero-order valence-electron chi connectivity index (χ0n) is 10.8. The van der Waals surface area contributed by atoms with Crippen LogP contribution < -0.4 is 21.3 Å². The topological polar surface area (TPSA) is 98.0 Å². The fourth-order valence-electron chi connectivity index (χ4n) is 1.34. The van der Waals surface area contributed by atoms with Gasteiger partial charge in [0.1, 0.15) is 0 Å². The molecule has 0 radical (unpaired) electrons. The first kappa shape index (κ1) is 13.5. The Bertz CT molecular complexity index is 516. The molecular formula is C11H16N6OS. The van der Waals surface area contributed by atoms with Gasteiger partial charge in [0.2, 0.25) is 11.9 Å². The minimum Gasteiger partial charge on any atom is -0.461 e. The van der Waals surface area contributed by atoms with Crippen molar-refractivity contribution in [1.82, 2.24) is 15.0 Å². The number of aromatic nitrogens is 3. The molecule has 0 saturated heterocycles. The Morgan fingerprint density at radius 1 is 1.32 bits per heavy atom. The van der Waals surface area contributed by atoms with E-state index in [9.17, 15) is 0 Å². The number of hydrogen-bond acceptors (Lipinski definition) is 8. The number of ether oxygens (including phenoxy) is 1. The molecule has 0 saturated carbocycles. The van der Waals surface area contributed by atoms with Gasteiger partial charge in [0, 0.05) is 4.88 Å². The van der Waals surface area contributed by atoms with Gasteiger partial charge in [-0.05, 0) is 25.3 Å². The van der Waals surface area contributed by atoms with Gasteiger partial charge in [-0.1, -0.05) is 6.07 Å². The monoisotopic (exact) mass is 280 g/mol. The average Bonchev–Trinajstić information content (AvgIpc) is 2.88. The van der Waals surface area contributed by atoms with Crippen LogP contribution in [0.25, 0.3) is 0 Å². The number of thiophene rings is 1. The Morgan fingerprint density at radius 2 is 2.11 bits per heavy atom. The quantitative estimate of drug-likeness (QED) is 0.546. The lowest BCUT2D eigenvalue weighted by molar-refractivity contribution is 0.222. The summed E-state index contributed by atoms with van der Waals surface area (Å²) in [6.45, 7) is 4.45. The fourth-order valence-corrected chi connectivity index (χ4v) is 1.99. The molecule has 2 aromatic rings. The van der Waals surface area contributed by atoms with Crippen molar-refractivity contribution in [3.05, 3.63) is 22.4 Å². The minimum absolute atomic E-state index is 0.0156. The molecule has 0 aliphatic carbocycles. The molecule has 2 heterocycles. The van der Waals surface area contributed by atoms with Crippen LogP contribution in [0, 0.1) is 0 Å². The molecule has 0 unspecified atom stereocenters. The van der Waals surface area contributed by atoms with E-state index in [1.54, 1.807) is 11.3 Å². The van der Waals surface area contributed by atoms with E-state index >= 15 is 0 Å².